The minimum absolute atomic E-state index is 0.00615. The minimum atomic E-state index is -0.00615. The molecule has 4 rings (SSSR count). The van der Waals surface area contributed by atoms with Crippen molar-refractivity contribution in [1.29, 1.82) is 0 Å². The Morgan fingerprint density at radius 1 is 1.24 bits per heavy atom. The number of benzene rings is 1. The topological polar surface area (TPSA) is 56.2 Å². The number of amides is 1. The molecule has 2 aliphatic rings. The fourth-order valence-electron chi connectivity index (χ4n) is 3.64. The predicted octanol–water partition coefficient (Wildman–Crippen LogP) is 3.12. The van der Waals surface area contributed by atoms with Gasteiger partial charge in [-0.2, -0.15) is 5.10 Å². The van der Waals surface area contributed by atoms with E-state index in [2.05, 4.69) is 27.2 Å². The molecule has 0 saturated carbocycles. The summed E-state index contributed by atoms with van der Waals surface area (Å²) < 4.78 is 7.37. The zero-order chi connectivity index (χ0) is 17.1. The van der Waals surface area contributed by atoms with Gasteiger partial charge in [0, 0.05) is 11.3 Å². The molecule has 0 unspecified atom stereocenters. The molecule has 130 valence electrons. The molecule has 0 radical (unpaired) electrons. The number of carbonyl (C=O) groups is 1. The summed E-state index contributed by atoms with van der Waals surface area (Å²) in [5.74, 6) is -0.00615. The number of rotatable bonds is 4. The summed E-state index contributed by atoms with van der Waals surface area (Å²) in [6.45, 7) is 1.48. The van der Waals surface area contributed by atoms with E-state index in [1.165, 1.54) is 11.3 Å². The van der Waals surface area contributed by atoms with Crippen molar-refractivity contribution < 1.29 is 9.53 Å². The molecule has 1 atom stereocenters. The first-order valence-corrected chi connectivity index (χ1v) is 9.01. The third kappa shape index (κ3) is 3.45. The molecule has 0 bridgehead atoms. The van der Waals surface area contributed by atoms with E-state index in [4.69, 9.17) is 4.74 Å². The van der Waals surface area contributed by atoms with Gasteiger partial charge in [-0.05, 0) is 37.7 Å². The lowest BCUT2D eigenvalue weighted by molar-refractivity contribution is -0.118. The zero-order valence-corrected chi connectivity index (χ0v) is 14.3. The van der Waals surface area contributed by atoms with E-state index in [0.717, 1.165) is 49.8 Å². The number of nitrogens with one attached hydrogen (secondary N) is 1. The number of ether oxygens (including phenoxy) is 1. The second kappa shape index (κ2) is 7.13. The summed E-state index contributed by atoms with van der Waals surface area (Å²) in [6, 6.07) is 10.4. The molecular weight excluding hydrogens is 314 g/mol. The summed E-state index contributed by atoms with van der Waals surface area (Å²) in [5.41, 5.74) is 4.39. The van der Waals surface area contributed by atoms with Crippen molar-refractivity contribution in [1.82, 2.24) is 15.1 Å². The van der Waals surface area contributed by atoms with Crippen molar-refractivity contribution >= 4 is 5.91 Å². The van der Waals surface area contributed by atoms with Crippen LogP contribution in [0.15, 0.2) is 48.4 Å². The van der Waals surface area contributed by atoms with Crippen molar-refractivity contribution in [2.45, 2.75) is 44.7 Å². The molecular formula is C20H23N3O2. The van der Waals surface area contributed by atoms with Crippen LogP contribution >= 0.6 is 0 Å². The summed E-state index contributed by atoms with van der Waals surface area (Å²) in [4.78, 5) is 12.5. The van der Waals surface area contributed by atoms with Gasteiger partial charge in [0.1, 0.15) is 0 Å². The standard InChI is InChI=1S/C20H23N3O2/c24-20(16-8-5-11-25-14-16)22-18-9-4-10-19-17(18)12-21-23(19)13-15-6-2-1-3-7-15/h1-3,6-7,12,14,18H,4-5,8-11,13H2,(H,22,24)/t18-/m0/s1. The molecule has 1 aliphatic heterocycles. The van der Waals surface area contributed by atoms with Gasteiger partial charge in [-0.1, -0.05) is 30.3 Å². The number of hydrogen-bond donors (Lipinski definition) is 1. The van der Waals surface area contributed by atoms with Crippen molar-refractivity contribution in [2.24, 2.45) is 0 Å². The van der Waals surface area contributed by atoms with E-state index in [1.807, 2.05) is 24.4 Å². The third-order valence-electron chi connectivity index (χ3n) is 4.97. The molecule has 2 aromatic rings. The van der Waals surface area contributed by atoms with Crippen molar-refractivity contribution in [3.05, 3.63) is 65.2 Å². The van der Waals surface area contributed by atoms with Gasteiger partial charge in [-0.25, -0.2) is 0 Å². The summed E-state index contributed by atoms with van der Waals surface area (Å²) >= 11 is 0. The van der Waals surface area contributed by atoms with Gasteiger partial charge >= 0.3 is 0 Å². The van der Waals surface area contributed by atoms with E-state index < -0.39 is 0 Å². The highest BCUT2D eigenvalue weighted by atomic mass is 16.5. The van der Waals surface area contributed by atoms with E-state index in [0.29, 0.717) is 6.61 Å². The maximum Gasteiger partial charge on any atom is 0.250 e. The molecule has 5 heteroatoms. The Kier molecular flexibility index (Phi) is 4.55. The number of fused-ring (bicyclic) bond motifs is 1. The van der Waals surface area contributed by atoms with Gasteiger partial charge in [0.2, 0.25) is 0 Å². The normalized spacial score (nSPS) is 19.5. The molecule has 0 fully saturated rings. The van der Waals surface area contributed by atoms with Crippen LogP contribution in [0.2, 0.25) is 0 Å². The van der Waals surface area contributed by atoms with Gasteiger partial charge in [0.05, 0.1) is 37.2 Å². The number of nitrogens with zero attached hydrogens (tertiary/aromatic N) is 2. The largest absolute Gasteiger partial charge is 0.501 e. The van der Waals surface area contributed by atoms with E-state index in [1.54, 1.807) is 6.26 Å². The van der Waals surface area contributed by atoms with Crippen LogP contribution in [0.3, 0.4) is 0 Å². The molecule has 2 heterocycles. The molecule has 1 aromatic carbocycles. The zero-order valence-electron chi connectivity index (χ0n) is 14.3. The highest BCUT2D eigenvalue weighted by Crippen LogP contribution is 2.30. The molecule has 1 aliphatic carbocycles. The number of carbonyl (C=O) groups excluding carboxylic acids is 1. The van der Waals surface area contributed by atoms with Crippen LogP contribution in [0.4, 0.5) is 0 Å². The monoisotopic (exact) mass is 337 g/mol. The van der Waals surface area contributed by atoms with Gasteiger partial charge in [0.15, 0.2) is 0 Å². The van der Waals surface area contributed by atoms with Gasteiger partial charge < -0.3 is 10.1 Å². The van der Waals surface area contributed by atoms with Crippen LogP contribution in [0, 0.1) is 0 Å². The molecule has 25 heavy (non-hydrogen) atoms. The fourth-order valence-corrected chi connectivity index (χ4v) is 3.64. The average molecular weight is 337 g/mol. The van der Waals surface area contributed by atoms with Gasteiger partial charge in [-0.15, -0.1) is 0 Å². The lowest BCUT2D eigenvalue weighted by Gasteiger charge is -2.25. The molecule has 5 nitrogen and oxygen atoms in total. The summed E-state index contributed by atoms with van der Waals surface area (Å²) in [7, 11) is 0. The molecule has 1 aromatic heterocycles. The van der Waals surface area contributed by atoms with Crippen molar-refractivity contribution in [3.8, 4) is 0 Å². The Hall–Kier alpha value is -2.56. The lowest BCUT2D eigenvalue weighted by atomic mass is 9.92. The van der Waals surface area contributed by atoms with Crippen LogP contribution in [0.25, 0.3) is 0 Å². The van der Waals surface area contributed by atoms with Crippen LogP contribution < -0.4 is 5.32 Å². The lowest BCUT2D eigenvalue weighted by Crippen LogP contribution is -2.32. The number of aromatic nitrogens is 2. The Bertz CT molecular complexity index is 779. The smallest absolute Gasteiger partial charge is 0.250 e. The molecule has 1 amide bonds. The third-order valence-corrected chi connectivity index (χ3v) is 4.97. The first-order chi connectivity index (χ1) is 12.3. The van der Waals surface area contributed by atoms with Gasteiger partial charge in [0.25, 0.3) is 5.91 Å². The van der Waals surface area contributed by atoms with Crippen LogP contribution in [-0.2, 0) is 22.5 Å². The van der Waals surface area contributed by atoms with Gasteiger partial charge in [-0.3, -0.25) is 9.48 Å². The van der Waals surface area contributed by atoms with Crippen molar-refractivity contribution in [2.75, 3.05) is 6.61 Å². The first-order valence-electron chi connectivity index (χ1n) is 9.01. The van der Waals surface area contributed by atoms with Crippen LogP contribution in [-0.4, -0.2) is 22.3 Å². The number of hydrogen-bond acceptors (Lipinski definition) is 3. The second-order valence-electron chi connectivity index (χ2n) is 6.73. The van der Waals surface area contributed by atoms with Crippen LogP contribution in [0.5, 0.6) is 0 Å². The molecule has 0 saturated heterocycles. The predicted molar refractivity (Wildman–Crippen MR) is 94.9 cm³/mol. The maximum atomic E-state index is 12.5. The Labute approximate surface area is 147 Å². The summed E-state index contributed by atoms with van der Waals surface area (Å²) in [6.07, 6.45) is 8.27. The SMILES string of the molecule is O=C(N[C@H]1CCCc2c1cnn2Cc1ccccc1)C1=COCCC1. The fraction of sp³-hybridized carbons (Fsp3) is 0.400. The van der Waals surface area contributed by atoms with E-state index >= 15 is 0 Å². The highest BCUT2D eigenvalue weighted by molar-refractivity contribution is 5.93. The minimum Gasteiger partial charge on any atom is -0.501 e. The molecule has 0 spiro atoms. The quantitative estimate of drug-likeness (QED) is 0.932. The van der Waals surface area contributed by atoms with E-state index in [-0.39, 0.29) is 11.9 Å². The summed E-state index contributed by atoms with van der Waals surface area (Å²) in [5, 5.41) is 7.77. The maximum absolute atomic E-state index is 12.5. The first kappa shape index (κ1) is 15.9. The average Bonchev–Trinajstić information content (AvgIpc) is 3.07. The van der Waals surface area contributed by atoms with Crippen molar-refractivity contribution in [3.63, 3.8) is 0 Å². The Balaban J connectivity index is 1.50. The molecule has 1 N–H and O–H groups in total. The Morgan fingerprint density at radius 3 is 2.92 bits per heavy atom. The van der Waals surface area contributed by atoms with Crippen LogP contribution in [0.1, 0.15) is 48.5 Å². The highest BCUT2D eigenvalue weighted by Gasteiger charge is 2.26. The van der Waals surface area contributed by atoms with E-state index in [9.17, 15) is 4.79 Å². The Morgan fingerprint density at radius 2 is 2.12 bits per heavy atom. The second-order valence-corrected chi connectivity index (χ2v) is 6.73.